The first kappa shape index (κ1) is 12.6. The van der Waals surface area contributed by atoms with Crippen molar-refractivity contribution in [3.8, 4) is 5.75 Å². The van der Waals surface area contributed by atoms with E-state index in [1.54, 1.807) is 0 Å². The molecular formula is C14H17BrO2. The Morgan fingerprint density at radius 3 is 3.06 bits per heavy atom. The van der Waals surface area contributed by atoms with E-state index in [1.165, 1.54) is 30.9 Å². The van der Waals surface area contributed by atoms with Gasteiger partial charge in [-0.05, 0) is 48.8 Å². The quantitative estimate of drug-likeness (QED) is 0.481. The first-order chi connectivity index (χ1) is 8.22. The van der Waals surface area contributed by atoms with Crippen LogP contribution in [0.4, 0.5) is 0 Å². The lowest BCUT2D eigenvalue weighted by Gasteiger charge is -2.26. The van der Waals surface area contributed by atoms with Crippen LogP contribution in [0.25, 0.3) is 0 Å². The van der Waals surface area contributed by atoms with Crippen LogP contribution < -0.4 is 4.74 Å². The molecule has 1 atom stereocenters. The van der Waals surface area contributed by atoms with Crippen LogP contribution in [-0.4, -0.2) is 11.3 Å². The van der Waals surface area contributed by atoms with Gasteiger partial charge in [-0.2, -0.15) is 0 Å². The maximum absolute atomic E-state index is 11.1. The number of hydrogen-bond donors (Lipinski definition) is 0. The van der Waals surface area contributed by atoms with Crippen molar-refractivity contribution in [1.29, 1.82) is 0 Å². The summed E-state index contributed by atoms with van der Waals surface area (Å²) < 4.78 is 5.29. The number of hydrogen-bond acceptors (Lipinski definition) is 2. The highest BCUT2D eigenvalue weighted by Gasteiger charge is 2.22. The number of benzene rings is 1. The standard InChI is InChI=1S/C14H17BrO2/c1-10(16)17-14-7-3-5-12-11(8-9-15)4-2-6-13(12)14/h3,5,7,11H,2,4,6,8-9H2,1H3. The monoisotopic (exact) mass is 296 g/mol. The molecule has 0 fully saturated rings. The highest BCUT2D eigenvalue weighted by atomic mass is 79.9. The van der Waals surface area contributed by atoms with Gasteiger partial charge in [-0.25, -0.2) is 0 Å². The van der Waals surface area contributed by atoms with E-state index in [9.17, 15) is 4.79 Å². The molecule has 2 rings (SSSR count). The summed E-state index contributed by atoms with van der Waals surface area (Å²) in [5.41, 5.74) is 2.61. The lowest BCUT2D eigenvalue weighted by molar-refractivity contribution is -0.131. The predicted molar refractivity (Wildman–Crippen MR) is 71.8 cm³/mol. The van der Waals surface area contributed by atoms with E-state index in [1.807, 2.05) is 12.1 Å². The van der Waals surface area contributed by atoms with Gasteiger partial charge in [0.1, 0.15) is 5.75 Å². The third-order valence-corrected chi connectivity index (χ3v) is 3.76. The van der Waals surface area contributed by atoms with Gasteiger partial charge in [0.15, 0.2) is 0 Å². The number of ether oxygens (including phenoxy) is 1. The van der Waals surface area contributed by atoms with E-state index in [0.29, 0.717) is 5.92 Å². The zero-order valence-corrected chi connectivity index (χ0v) is 11.6. The molecule has 0 aromatic heterocycles. The molecule has 3 heteroatoms. The van der Waals surface area contributed by atoms with Crippen molar-refractivity contribution in [3.63, 3.8) is 0 Å². The highest BCUT2D eigenvalue weighted by molar-refractivity contribution is 9.09. The van der Waals surface area contributed by atoms with Crippen LogP contribution >= 0.6 is 15.9 Å². The zero-order valence-electron chi connectivity index (χ0n) is 10.0. The maximum Gasteiger partial charge on any atom is 0.308 e. The minimum absolute atomic E-state index is 0.235. The van der Waals surface area contributed by atoms with Crippen molar-refractivity contribution in [1.82, 2.24) is 0 Å². The van der Waals surface area contributed by atoms with Crippen LogP contribution in [0.2, 0.25) is 0 Å². The summed E-state index contributed by atoms with van der Waals surface area (Å²) in [7, 11) is 0. The molecule has 2 nitrogen and oxygen atoms in total. The molecular weight excluding hydrogens is 280 g/mol. The first-order valence-electron chi connectivity index (χ1n) is 6.08. The summed E-state index contributed by atoms with van der Waals surface area (Å²) in [5.74, 6) is 1.13. The third-order valence-electron chi connectivity index (χ3n) is 3.30. The van der Waals surface area contributed by atoms with Crippen LogP contribution in [0.5, 0.6) is 5.75 Å². The average Bonchev–Trinajstić information content (AvgIpc) is 2.30. The van der Waals surface area contributed by atoms with E-state index in [-0.39, 0.29) is 5.97 Å². The van der Waals surface area contributed by atoms with Crippen molar-refractivity contribution in [2.45, 2.75) is 38.5 Å². The molecule has 1 aliphatic rings. The molecule has 92 valence electrons. The summed E-state index contributed by atoms with van der Waals surface area (Å²) >= 11 is 3.51. The average molecular weight is 297 g/mol. The third kappa shape index (κ3) is 2.89. The Morgan fingerprint density at radius 1 is 1.53 bits per heavy atom. The van der Waals surface area contributed by atoms with Crippen molar-refractivity contribution >= 4 is 21.9 Å². The van der Waals surface area contributed by atoms with Crippen LogP contribution in [0.3, 0.4) is 0 Å². The lowest BCUT2D eigenvalue weighted by Crippen LogP contribution is -2.13. The number of carbonyl (C=O) groups is 1. The Balaban J connectivity index is 2.33. The van der Waals surface area contributed by atoms with Gasteiger partial charge in [0, 0.05) is 12.3 Å². The molecule has 0 spiro atoms. The fraction of sp³-hybridized carbons (Fsp3) is 0.500. The first-order valence-corrected chi connectivity index (χ1v) is 7.20. The summed E-state index contributed by atoms with van der Waals surface area (Å²) in [6.07, 6.45) is 4.60. The van der Waals surface area contributed by atoms with Crippen molar-refractivity contribution in [3.05, 3.63) is 29.3 Å². The van der Waals surface area contributed by atoms with Gasteiger partial charge < -0.3 is 4.74 Å². The molecule has 0 saturated carbocycles. The molecule has 17 heavy (non-hydrogen) atoms. The number of halogens is 1. The lowest BCUT2D eigenvalue weighted by atomic mass is 9.81. The van der Waals surface area contributed by atoms with E-state index in [2.05, 4.69) is 22.0 Å². The molecule has 0 heterocycles. The molecule has 0 radical (unpaired) electrons. The normalized spacial score (nSPS) is 18.6. The Kier molecular flexibility index (Phi) is 4.21. The topological polar surface area (TPSA) is 26.3 Å². The van der Waals surface area contributed by atoms with Crippen LogP contribution in [0.15, 0.2) is 18.2 Å². The summed E-state index contributed by atoms with van der Waals surface area (Å²) in [6, 6.07) is 6.06. The van der Waals surface area contributed by atoms with Crippen molar-refractivity contribution in [2.24, 2.45) is 0 Å². The van der Waals surface area contributed by atoms with Gasteiger partial charge in [0.05, 0.1) is 0 Å². The molecule has 1 aromatic rings. The van der Waals surface area contributed by atoms with Gasteiger partial charge in [-0.3, -0.25) is 4.79 Å². The fourth-order valence-corrected chi connectivity index (χ4v) is 3.15. The SMILES string of the molecule is CC(=O)Oc1cccc2c1CCCC2CCBr. The van der Waals surface area contributed by atoms with Crippen molar-refractivity contribution < 1.29 is 9.53 Å². The second kappa shape index (κ2) is 5.67. The van der Waals surface area contributed by atoms with Gasteiger partial charge in [-0.1, -0.05) is 28.1 Å². The minimum atomic E-state index is -0.235. The smallest absolute Gasteiger partial charge is 0.308 e. The van der Waals surface area contributed by atoms with E-state index < -0.39 is 0 Å². The molecule has 1 unspecified atom stereocenters. The second-order valence-electron chi connectivity index (χ2n) is 4.48. The Morgan fingerprint density at radius 2 is 2.35 bits per heavy atom. The number of rotatable bonds is 3. The fourth-order valence-electron chi connectivity index (χ4n) is 2.60. The summed E-state index contributed by atoms with van der Waals surface area (Å²) in [5, 5.41) is 1.02. The van der Waals surface area contributed by atoms with Crippen LogP contribution in [0, 0.1) is 0 Å². The minimum Gasteiger partial charge on any atom is -0.426 e. The Bertz CT molecular complexity index is 415. The molecule has 1 aliphatic carbocycles. The van der Waals surface area contributed by atoms with Crippen molar-refractivity contribution in [2.75, 3.05) is 5.33 Å². The molecule has 0 bridgehead atoms. The second-order valence-corrected chi connectivity index (χ2v) is 5.28. The van der Waals surface area contributed by atoms with Gasteiger partial charge in [-0.15, -0.1) is 0 Å². The van der Waals surface area contributed by atoms with E-state index in [4.69, 9.17) is 4.74 Å². The van der Waals surface area contributed by atoms with Crippen LogP contribution in [0.1, 0.15) is 43.2 Å². The largest absolute Gasteiger partial charge is 0.426 e. The van der Waals surface area contributed by atoms with Gasteiger partial charge >= 0.3 is 5.97 Å². The summed E-state index contributed by atoms with van der Waals surface area (Å²) in [4.78, 5) is 11.1. The van der Waals surface area contributed by atoms with Crippen LogP contribution in [-0.2, 0) is 11.2 Å². The predicted octanol–water partition coefficient (Wildman–Crippen LogP) is 3.82. The zero-order chi connectivity index (χ0) is 12.3. The maximum atomic E-state index is 11.1. The number of fused-ring (bicyclic) bond motifs is 1. The van der Waals surface area contributed by atoms with Gasteiger partial charge in [0.2, 0.25) is 0 Å². The number of alkyl halides is 1. The van der Waals surface area contributed by atoms with E-state index in [0.717, 1.165) is 23.9 Å². The number of esters is 1. The Hall–Kier alpha value is -0.830. The molecule has 0 saturated heterocycles. The van der Waals surface area contributed by atoms with E-state index >= 15 is 0 Å². The Labute approximate surface area is 110 Å². The summed E-state index contributed by atoms with van der Waals surface area (Å²) in [6.45, 7) is 1.46. The highest BCUT2D eigenvalue weighted by Crippen LogP contribution is 2.38. The molecule has 0 amide bonds. The number of carbonyl (C=O) groups excluding carboxylic acids is 1. The molecule has 0 N–H and O–H groups in total. The molecule has 0 aliphatic heterocycles. The van der Waals surface area contributed by atoms with Gasteiger partial charge in [0.25, 0.3) is 0 Å². The molecule has 1 aromatic carbocycles.